The number of fused-ring (bicyclic) bond motifs is 1. The molecule has 26 heavy (non-hydrogen) atoms. The summed E-state index contributed by atoms with van der Waals surface area (Å²) in [5.74, 6) is 0.922. The molecule has 2 aromatic rings. The molecule has 0 saturated heterocycles. The van der Waals surface area contributed by atoms with Gasteiger partial charge in [-0.05, 0) is 65.0 Å². The number of carbonyl (C=O) groups is 1. The quantitative estimate of drug-likeness (QED) is 0.861. The number of pyridine rings is 1. The Labute approximate surface area is 155 Å². The lowest BCUT2D eigenvalue weighted by molar-refractivity contribution is 0.0471. The van der Waals surface area contributed by atoms with Gasteiger partial charge in [-0.3, -0.25) is 4.98 Å². The average molecular weight is 356 g/mol. The molecule has 0 atom stereocenters. The lowest BCUT2D eigenvalue weighted by Crippen LogP contribution is -2.42. The maximum atomic E-state index is 11.9. The zero-order chi connectivity index (χ0) is 18.7. The molecule has 1 saturated carbocycles. The summed E-state index contributed by atoms with van der Waals surface area (Å²) in [6.07, 6.45) is 7.21. The van der Waals surface area contributed by atoms with Crippen molar-refractivity contribution in [2.75, 3.05) is 0 Å². The van der Waals surface area contributed by atoms with Gasteiger partial charge in [-0.1, -0.05) is 12.1 Å². The smallest absolute Gasteiger partial charge is 0.407 e. The van der Waals surface area contributed by atoms with Crippen molar-refractivity contribution in [2.45, 2.75) is 71.1 Å². The predicted octanol–water partition coefficient (Wildman–Crippen LogP) is 4.76. The minimum Gasteiger partial charge on any atom is -0.490 e. The number of benzene rings is 1. The molecule has 1 amide bonds. The molecule has 1 N–H and O–H groups in total. The van der Waals surface area contributed by atoms with Crippen LogP contribution < -0.4 is 10.1 Å². The monoisotopic (exact) mass is 356 g/mol. The number of aryl methyl sites for hydroxylation is 1. The van der Waals surface area contributed by atoms with E-state index in [9.17, 15) is 4.79 Å². The van der Waals surface area contributed by atoms with E-state index in [1.165, 1.54) is 0 Å². The topological polar surface area (TPSA) is 60.5 Å². The molecule has 1 aromatic heterocycles. The van der Waals surface area contributed by atoms with E-state index in [0.29, 0.717) is 0 Å². The number of amides is 1. The third kappa shape index (κ3) is 4.65. The molecule has 5 nitrogen and oxygen atoms in total. The van der Waals surface area contributed by atoms with Gasteiger partial charge in [0.1, 0.15) is 11.4 Å². The van der Waals surface area contributed by atoms with Gasteiger partial charge in [0.2, 0.25) is 0 Å². The molecule has 1 heterocycles. The maximum absolute atomic E-state index is 11.9. The Balaban J connectivity index is 1.57. The van der Waals surface area contributed by atoms with Crippen molar-refractivity contribution in [3.63, 3.8) is 0 Å². The van der Waals surface area contributed by atoms with Crippen molar-refractivity contribution in [2.24, 2.45) is 0 Å². The summed E-state index contributed by atoms with van der Waals surface area (Å²) < 4.78 is 11.6. The Hall–Kier alpha value is -2.30. The molecule has 1 aliphatic carbocycles. The van der Waals surface area contributed by atoms with Gasteiger partial charge in [-0.25, -0.2) is 4.79 Å². The van der Waals surface area contributed by atoms with Crippen molar-refractivity contribution >= 4 is 16.9 Å². The molecule has 140 valence electrons. The average Bonchev–Trinajstić information content (AvgIpc) is 2.55. The van der Waals surface area contributed by atoms with Crippen LogP contribution in [-0.2, 0) is 4.74 Å². The van der Waals surface area contributed by atoms with Gasteiger partial charge < -0.3 is 14.8 Å². The highest BCUT2D eigenvalue weighted by molar-refractivity contribution is 5.90. The Bertz CT molecular complexity index is 769. The number of hydrogen-bond acceptors (Lipinski definition) is 4. The molecule has 1 fully saturated rings. The molecule has 1 aliphatic rings. The van der Waals surface area contributed by atoms with Gasteiger partial charge in [0.05, 0.1) is 6.10 Å². The molecule has 0 radical (unpaired) electrons. The molecule has 5 heteroatoms. The summed E-state index contributed by atoms with van der Waals surface area (Å²) in [6, 6.07) is 6.25. The zero-order valence-corrected chi connectivity index (χ0v) is 16.0. The molecule has 0 aliphatic heterocycles. The summed E-state index contributed by atoms with van der Waals surface area (Å²) >= 11 is 0. The van der Waals surface area contributed by atoms with Crippen LogP contribution in [-0.4, -0.2) is 28.8 Å². The number of alkyl carbamates (subject to hydrolysis) is 1. The summed E-state index contributed by atoms with van der Waals surface area (Å²) in [5.41, 5.74) is 0.657. The van der Waals surface area contributed by atoms with Crippen molar-refractivity contribution in [1.82, 2.24) is 10.3 Å². The van der Waals surface area contributed by atoms with E-state index in [2.05, 4.69) is 23.3 Å². The van der Waals surface area contributed by atoms with Crippen molar-refractivity contribution in [3.8, 4) is 5.75 Å². The number of aromatic nitrogens is 1. The summed E-state index contributed by atoms with van der Waals surface area (Å²) in [6.45, 7) is 7.68. The highest BCUT2D eigenvalue weighted by Crippen LogP contribution is 2.31. The lowest BCUT2D eigenvalue weighted by atomic mass is 9.93. The lowest BCUT2D eigenvalue weighted by Gasteiger charge is -2.30. The van der Waals surface area contributed by atoms with Crippen LogP contribution in [0.3, 0.4) is 0 Å². The van der Waals surface area contributed by atoms with E-state index < -0.39 is 5.60 Å². The molecular formula is C21H28N2O3. The maximum Gasteiger partial charge on any atom is 0.407 e. The summed E-state index contributed by atoms with van der Waals surface area (Å²) in [7, 11) is 0. The first-order valence-corrected chi connectivity index (χ1v) is 9.31. The van der Waals surface area contributed by atoms with Crippen LogP contribution in [0.15, 0.2) is 30.6 Å². The number of ether oxygens (including phenoxy) is 2. The van der Waals surface area contributed by atoms with E-state index in [4.69, 9.17) is 9.47 Å². The third-order valence-corrected chi connectivity index (χ3v) is 4.62. The highest BCUT2D eigenvalue weighted by Gasteiger charge is 2.26. The molecule has 3 rings (SSSR count). The van der Waals surface area contributed by atoms with Crippen LogP contribution in [0.4, 0.5) is 4.79 Å². The van der Waals surface area contributed by atoms with Gasteiger partial charge >= 0.3 is 6.09 Å². The van der Waals surface area contributed by atoms with E-state index in [-0.39, 0.29) is 18.2 Å². The fourth-order valence-electron chi connectivity index (χ4n) is 3.45. The van der Waals surface area contributed by atoms with E-state index in [0.717, 1.165) is 47.8 Å². The fraction of sp³-hybridized carbons (Fsp3) is 0.524. The number of nitrogens with zero attached hydrogens (tertiary/aromatic N) is 1. The second-order valence-corrected chi connectivity index (χ2v) is 8.05. The fourth-order valence-corrected chi connectivity index (χ4v) is 3.45. The van der Waals surface area contributed by atoms with Crippen molar-refractivity contribution in [3.05, 3.63) is 36.2 Å². The van der Waals surface area contributed by atoms with Crippen LogP contribution in [0.1, 0.15) is 52.0 Å². The number of carbonyl (C=O) groups excluding carboxylic acids is 1. The van der Waals surface area contributed by atoms with Gasteiger partial charge in [0.25, 0.3) is 0 Å². The van der Waals surface area contributed by atoms with Gasteiger partial charge in [-0.2, -0.15) is 0 Å². The van der Waals surface area contributed by atoms with Crippen LogP contribution in [0.25, 0.3) is 10.8 Å². The second-order valence-electron chi connectivity index (χ2n) is 8.05. The van der Waals surface area contributed by atoms with Crippen LogP contribution in [0.5, 0.6) is 5.75 Å². The van der Waals surface area contributed by atoms with Crippen LogP contribution in [0.2, 0.25) is 0 Å². The first kappa shape index (κ1) is 18.5. The Morgan fingerprint density at radius 2 is 1.88 bits per heavy atom. The molecule has 0 bridgehead atoms. The van der Waals surface area contributed by atoms with Gasteiger partial charge in [0.15, 0.2) is 0 Å². The number of hydrogen-bond donors (Lipinski definition) is 1. The molecule has 0 unspecified atom stereocenters. The predicted molar refractivity (Wildman–Crippen MR) is 103 cm³/mol. The van der Waals surface area contributed by atoms with Crippen LogP contribution in [0, 0.1) is 6.92 Å². The molecule has 1 aromatic carbocycles. The Morgan fingerprint density at radius 1 is 1.15 bits per heavy atom. The van der Waals surface area contributed by atoms with Gasteiger partial charge in [-0.15, -0.1) is 0 Å². The normalized spacial score (nSPS) is 20.6. The van der Waals surface area contributed by atoms with Gasteiger partial charge in [0, 0.05) is 29.2 Å². The Morgan fingerprint density at radius 3 is 2.58 bits per heavy atom. The van der Waals surface area contributed by atoms with Crippen molar-refractivity contribution in [1.29, 1.82) is 0 Å². The van der Waals surface area contributed by atoms with Crippen LogP contribution >= 0.6 is 0 Å². The molecule has 0 spiro atoms. The molecular weight excluding hydrogens is 328 g/mol. The minimum absolute atomic E-state index is 0.156. The third-order valence-electron chi connectivity index (χ3n) is 4.62. The standard InChI is InChI=1S/C21H28N2O3/c1-14-12-22-13-15-6-5-7-18(19(14)15)25-17-10-8-16(9-11-17)23-20(24)26-21(2,3)4/h5-7,12-13,16-17H,8-11H2,1-4H3,(H,23,24)/t16-,17-. The number of nitrogens with one attached hydrogen (secondary N) is 1. The first-order chi connectivity index (χ1) is 12.3. The second kappa shape index (κ2) is 7.52. The summed E-state index contributed by atoms with van der Waals surface area (Å²) in [5, 5.41) is 5.21. The largest absolute Gasteiger partial charge is 0.490 e. The van der Waals surface area contributed by atoms with Crippen molar-refractivity contribution < 1.29 is 14.3 Å². The first-order valence-electron chi connectivity index (χ1n) is 9.31. The zero-order valence-electron chi connectivity index (χ0n) is 16.0. The van der Waals surface area contributed by atoms with E-state index >= 15 is 0 Å². The van der Waals surface area contributed by atoms with E-state index in [1.54, 1.807) is 0 Å². The number of rotatable bonds is 3. The highest BCUT2D eigenvalue weighted by atomic mass is 16.6. The Kier molecular flexibility index (Phi) is 5.35. The summed E-state index contributed by atoms with van der Waals surface area (Å²) in [4.78, 5) is 16.2. The minimum atomic E-state index is -0.467. The SMILES string of the molecule is Cc1cncc2cccc(O[C@H]3CC[C@H](NC(=O)OC(C)(C)C)CC3)c12. The van der Waals surface area contributed by atoms with E-state index in [1.807, 2.05) is 45.3 Å².